The van der Waals surface area contributed by atoms with Gasteiger partial charge in [-0.2, -0.15) is 13.5 Å². The summed E-state index contributed by atoms with van der Waals surface area (Å²) < 4.78 is 27.9. The Morgan fingerprint density at radius 1 is 1.35 bits per heavy atom. The smallest absolute Gasteiger partial charge is 0.261 e. The maximum absolute atomic E-state index is 11.9. The molecule has 90 valence electrons. The molecule has 0 aliphatic rings. The zero-order valence-electron chi connectivity index (χ0n) is 8.70. The number of nitrogens with one attached hydrogen (secondary N) is 1. The predicted molar refractivity (Wildman–Crippen MR) is 63.7 cm³/mol. The van der Waals surface area contributed by atoms with Gasteiger partial charge in [-0.1, -0.05) is 0 Å². The van der Waals surface area contributed by atoms with Crippen molar-refractivity contribution in [3.63, 3.8) is 0 Å². The minimum Gasteiger partial charge on any atom is -0.261 e. The van der Waals surface area contributed by atoms with Crippen molar-refractivity contribution in [3.8, 4) is 0 Å². The lowest BCUT2D eigenvalue weighted by Gasteiger charge is -2.06. The second-order valence-corrected chi connectivity index (χ2v) is 5.56. The monoisotopic (exact) mass is 317 g/mol. The van der Waals surface area contributed by atoms with Crippen LogP contribution in [0.25, 0.3) is 0 Å². The van der Waals surface area contributed by atoms with Gasteiger partial charge >= 0.3 is 0 Å². The Labute approximate surface area is 106 Å². The number of nitrogens with zero attached hydrogens (tertiary/aromatic N) is 4. The molecule has 0 fully saturated rings. The minimum absolute atomic E-state index is 0.0576. The van der Waals surface area contributed by atoms with Gasteiger partial charge in [-0.3, -0.25) is 9.40 Å². The van der Waals surface area contributed by atoms with E-state index in [0.717, 1.165) is 0 Å². The van der Waals surface area contributed by atoms with E-state index >= 15 is 0 Å². The number of sulfonamides is 1. The van der Waals surface area contributed by atoms with Crippen LogP contribution in [0.1, 0.15) is 0 Å². The highest BCUT2D eigenvalue weighted by Crippen LogP contribution is 2.13. The SMILES string of the molecule is Cn1nccc1S(=O)(=O)Nc1cnc(Br)cn1. The molecule has 2 aromatic rings. The first-order chi connectivity index (χ1) is 7.99. The third-order valence-corrected chi connectivity index (χ3v) is 3.75. The lowest BCUT2D eigenvalue weighted by atomic mass is 10.7. The third-order valence-electron chi connectivity index (χ3n) is 1.91. The van der Waals surface area contributed by atoms with Gasteiger partial charge in [0.25, 0.3) is 10.0 Å². The molecule has 17 heavy (non-hydrogen) atoms. The van der Waals surface area contributed by atoms with Crippen LogP contribution in [0, 0.1) is 0 Å². The minimum atomic E-state index is -3.68. The molecule has 0 aromatic carbocycles. The number of hydrogen-bond donors (Lipinski definition) is 1. The molecular formula is C8H8BrN5O2S. The van der Waals surface area contributed by atoms with Crippen LogP contribution in [0.15, 0.2) is 34.3 Å². The number of aryl methyl sites for hydroxylation is 1. The summed E-state index contributed by atoms with van der Waals surface area (Å²) in [6.45, 7) is 0. The van der Waals surface area contributed by atoms with E-state index in [0.29, 0.717) is 4.60 Å². The molecule has 0 unspecified atom stereocenters. The average molecular weight is 318 g/mol. The van der Waals surface area contributed by atoms with Crippen molar-refractivity contribution < 1.29 is 8.42 Å². The molecule has 0 spiro atoms. The zero-order chi connectivity index (χ0) is 12.5. The van der Waals surface area contributed by atoms with Crippen molar-refractivity contribution in [2.45, 2.75) is 5.03 Å². The van der Waals surface area contributed by atoms with Gasteiger partial charge in [0.1, 0.15) is 4.60 Å². The van der Waals surface area contributed by atoms with Crippen LogP contribution in [0.2, 0.25) is 0 Å². The van der Waals surface area contributed by atoms with Crippen LogP contribution in [-0.4, -0.2) is 28.2 Å². The van der Waals surface area contributed by atoms with Crippen molar-refractivity contribution in [3.05, 3.63) is 29.3 Å². The maximum Gasteiger partial charge on any atom is 0.280 e. The molecule has 9 heteroatoms. The normalized spacial score (nSPS) is 11.4. The summed E-state index contributed by atoms with van der Waals surface area (Å²) in [4.78, 5) is 7.75. The van der Waals surface area contributed by atoms with Crippen LogP contribution in [-0.2, 0) is 17.1 Å². The second-order valence-electron chi connectivity index (χ2n) is 3.12. The zero-order valence-corrected chi connectivity index (χ0v) is 11.1. The first-order valence-corrected chi connectivity index (χ1v) is 6.75. The van der Waals surface area contributed by atoms with Gasteiger partial charge in [0.2, 0.25) is 0 Å². The first-order valence-electron chi connectivity index (χ1n) is 4.47. The second kappa shape index (κ2) is 4.41. The fourth-order valence-electron chi connectivity index (χ4n) is 1.18. The van der Waals surface area contributed by atoms with Crippen molar-refractivity contribution in [1.29, 1.82) is 0 Å². The largest absolute Gasteiger partial charge is 0.280 e. The number of halogens is 1. The predicted octanol–water partition coefficient (Wildman–Crippen LogP) is 0.773. The molecule has 0 saturated carbocycles. The van der Waals surface area contributed by atoms with Crippen molar-refractivity contribution >= 4 is 31.8 Å². The molecule has 7 nitrogen and oxygen atoms in total. The number of rotatable bonds is 3. The lowest BCUT2D eigenvalue weighted by Crippen LogP contribution is -2.17. The quantitative estimate of drug-likeness (QED) is 0.903. The topological polar surface area (TPSA) is 89.8 Å². The summed E-state index contributed by atoms with van der Waals surface area (Å²) in [5.74, 6) is 0.148. The van der Waals surface area contributed by atoms with Crippen LogP contribution in [0.4, 0.5) is 5.82 Å². The molecule has 0 radical (unpaired) electrons. The van der Waals surface area contributed by atoms with E-state index in [4.69, 9.17) is 0 Å². The highest BCUT2D eigenvalue weighted by molar-refractivity contribution is 9.10. The molecule has 2 heterocycles. The molecule has 0 amide bonds. The van der Waals surface area contributed by atoms with E-state index in [1.54, 1.807) is 7.05 Å². The van der Waals surface area contributed by atoms with Gasteiger partial charge in [0.15, 0.2) is 10.8 Å². The number of hydrogen-bond acceptors (Lipinski definition) is 5. The highest BCUT2D eigenvalue weighted by atomic mass is 79.9. The summed E-state index contributed by atoms with van der Waals surface area (Å²) in [7, 11) is -2.14. The molecule has 0 bridgehead atoms. The van der Waals surface area contributed by atoms with Gasteiger partial charge in [0, 0.05) is 7.05 Å². The van der Waals surface area contributed by atoms with Gasteiger partial charge in [-0.15, -0.1) is 0 Å². The molecule has 1 N–H and O–H groups in total. The van der Waals surface area contributed by atoms with Crippen LogP contribution >= 0.6 is 15.9 Å². The van der Waals surface area contributed by atoms with Gasteiger partial charge in [-0.25, -0.2) is 9.97 Å². The molecule has 0 atom stereocenters. The Kier molecular flexibility index (Phi) is 3.11. The summed E-state index contributed by atoms with van der Waals surface area (Å²) >= 11 is 3.11. The summed E-state index contributed by atoms with van der Waals surface area (Å²) in [6.07, 6.45) is 4.13. The van der Waals surface area contributed by atoms with Crippen molar-refractivity contribution in [2.75, 3.05) is 4.72 Å². The molecule has 0 aliphatic heterocycles. The highest BCUT2D eigenvalue weighted by Gasteiger charge is 2.18. The van der Waals surface area contributed by atoms with Gasteiger partial charge in [-0.05, 0) is 22.0 Å². The summed E-state index contributed by atoms with van der Waals surface area (Å²) in [5, 5.41) is 3.85. The molecular weight excluding hydrogens is 310 g/mol. The van der Waals surface area contributed by atoms with Gasteiger partial charge in [0.05, 0.1) is 18.6 Å². The standard InChI is InChI=1S/C8H8BrN5O2S/c1-14-8(2-3-12-14)17(15,16)13-7-5-10-6(9)4-11-7/h2-5H,1H3,(H,11,13). The Balaban J connectivity index is 2.30. The van der Waals surface area contributed by atoms with Crippen LogP contribution in [0.3, 0.4) is 0 Å². The Morgan fingerprint density at radius 2 is 2.12 bits per heavy atom. The summed E-state index contributed by atoms with van der Waals surface area (Å²) in [5.41, 5.74) is 0. The van der Waals surface area contributed by atoms with E-state index in [1.807, 2.05) is 0 Å². The van der Waals surface area contributed by atoms with Crippen LogP contribution in [0.5, 0.6) is 0 Å². The fraction of sp³-hybridized carbons (Fsp3) is 0.125. The molecule has 0 saturated heterocycles. The Bertz CT molecular complexity index is 622. The summed E-state index contributed by atoms with van der Waals surface area (Å²) in [6, 6.07) is 1.40. The lowest BCUT2D eigenvalue weighted by molar-refractivity contribution is 0.582. The first kappa shape index (κ1) is 12.0. The van der Waals surface area contributed by atoms with Crippen LogP contribution < -0.4 is 4.72 Å². The fourth-order valence-corrected chi connectivity index (χ4v) is 2.51. The maximum atomic E-state index is 11.9. The number of aromatic nitrogens is 4. The Hall–Kier alpha value is -1.48. The molecule has 0 aliphatic carbocycles. The molecule has 2 aromatic heterocycles. The third kappa shape index (κ3) is 2.61. The van der Waals surface area contributed by atoms with E-state index < -0.39 is 10.0 Å². The Morgan fingerprint density at radius 3 is 2.65 bits per heavy atom. The van der Waals surface area contributed by atoms with E-state index in [-0.39, 0.29) is 10.8 Å². The van der Waals surface area contributed by atoms with Gasteiger partial charge < -0.3 is 0 Å². The van der Waals surface area contributed by atoms with E-state index in [2.05, 4.69) is 35.7 Å². The molecule has 2 rings (SSSR count). The van der Waals surface area contributed by atoms with E-state index in [1.165, 1.54) is 29.3 Å². The number of anilines is 1. The van der Waals surface area contributed by atoms with Crippen molar-refractivity contribution in [2.24, 2.45) is 7.05 Å². The van der Waals surface area contributed by atoms with E-state index in [9.17, 15) is 8.42 Å². The average Bonchev–Trinajstić information content (AvgIpc) is 2.68. The van der Waals surface area contributed by atoms with Crippen molar-refractivity contribution in [1.82, 2.24) is 19.7 Å².